The molecule has 0 bridgehead atoms. The van der Waals surface area contributed by atoms with Crippen LogP contribution in [0.25, 0.3) is 10.9 Å². The Labute approximate surface area is 187 Å². The summed E-state index contributed by atoms with van der Waals surface area (Å²) in [6.45, 7) is 7.68. The number of rotatable bonds is 6. The van der Waals surface area contributed by atoms with Crippen molar-refractivity contribution < 1.29 is 14.3 Å². The lowest BCUT2D eigenvalue weighted by Crippen LogP contribution is -2.47. The zero-order chi connectivity index (χ0) is 22.1. The first-order chi connectivity index (χ1) is 15.7. The summed E-state index contributed by atoms with van der Waals surface area (Å²) in [7, 11) is 0. The average molecular weight is 436 g/mol. The normalized spacial score (nSPS) is 15.9. The Morgan fingerprint density at radius 2 is 2.00 bits per heavy atom. The van der Waals surface area contributed by atoms with E-state index in [0.29, 0.717) is 17.5 Å². The summed E-state index contributed by atoms with van der Waals surface area (Å²) in [6, 6.07) is 10.1. The summed E-state index contributed by atoms with van der Waals surface area (Å²) in [5.74, 6) is 2.47. The molecule has 3 aromatic rings. The van der Waals surface area contributed by atoms with Crippen molar-refractivity contribution in [2.45, 2.75) is 32.7 Å². The third kappa shape index (κ3) is 3.70. The first-order valence-electron chi connectivity index (χ1n) is 11.3. The maximum atomic E-state index is 13.2. The molecule has 0 unspecified atom stereocenters. The number of piperidine rings is 1. The molecule has 1 saturated heterocycles. The number of hydrogen-bond donors (Lipinski definition) is 2. The molecule has 1 amide bonds. The number of pyridine rings is 1. The van der Waals surface area contributed by atoms with E-state index in [2.05, 4.69) is 40.1 Å². The number of likely N-dealkylation sites (tertiary alicyclic amines) is 1. The van der Waals surface area contributed by atoms with Gasteiger partial charge in [-0.15, -0.1) is 0 Å². The second-order valence-electron chi connectivity index (χ2n) is 8.19. The summed E-state index contributed by atoms with van der Waals surface area (Å²) >= 11 is 0. The Morgan fingerprint density at radius 3 is 2.75 bits per heavy atom. The number of benzene rings is 1. The molecule has 2 aromatic heterocycles. The molecule has 0 spiro atoms. The van der Waals surface area contributed by atoms with Gasteiger partial charge in [0.2, 0.25) is 6.79 Å². The molecule has 8 nitrogen and oxygen atoms in total. The SMILES string of the molecule is CCNc1cccnc1N(CC)C1CCN(C(=O)c2cc3cc4c(cc3[nH]2)OCO4)CC1. The van der Waals surface area contributed by atoms with Crippen LogP contribution < -0.4 is 19.7 Å². The van der Waals surface area contributed by atoms with Gasteiger partial charge in [0.05, 0.1) is 5.69 Å². The van der Waals surface area contributed by atoms with E-state index in [1.54, 1.807) is 0 Å². The van der Waals surface area contributed by atoms with Crippen LogP contribution in [0.5, 0.6) is 11.5 Å². The Morgan fingerprint density at radius 1 is 1.22 bits per heavy atom. The van der Waals surface area contributed by atoms with Crippen LogP contribution in [-0.4, -0.2) is 59.8 Å². The number of aromatic amines is 1. The summed E-state index contributed by atoms with van der Waals surface area (Å²) in [6.07, 6.45) is 3.68. The first kappa shape index (κ1) is 20.5. The van der Waals surface area contributed by atoms with E-state index >= 15 is 0 Å². The molecule has 5 rings (SSSR count). The number of nitrogens with zero attached hydrogens (tertiary/aromatic N) is 3. The minimum absolute atomic E-state index is 0.0378. The molecule has 32 heavy (non-hydrogen) atoms. The molecular formula is C24H29N5O3. The van der Waals surface area contributed by atoms with Gasteiger partial charge in [-0.2, -0.15) is 0 Å². The van der Waals surface area contributed by atoms with Gasteiger partial charge in [0.15, 0.2) is 17.3 Å². The molecule has 2 aliphatic rings. The minimum Gasteiger partial charge on any atom is -0.454 e. The Balaban J connectivity index is 1.28. The lowest BCUT2D eigenvalue weighted by Gasteiger charge is -2.39. The molecule has 2 aliphatic heterocycles. The van der Waals surface area contributed by atoms with Gasteiger partial charge in [0.1, 0.15) is 5.69 Å². The van der Waals surface area contributed by atoms with Crippen molar-refractivity contribution in [1.82, 2.24) is 14.9 Å². The highest BCUT2D eigenvalue weighted by Crippen LogP contribution is 2.36. The molecule has 8 heteroatoms. The number of aromatic nitrogens is 2. The van der Waals surface area contributed by atoms with E-state index in [1.165, 1.54) is 0 Å². The van der Waals surface area contributed by atoms with Crippen molar-refractivity contribution in [1.29, 1.82) is 0 Å². The van der Waals surface area contributed by atoms with E-state index < -0.39 is 0 Å². The predicted octanol–water partition coefficient (Wildman–Crippen LogP) is 3.85. The van der Waals surface area contributed by atoms with E-state index in [9.17, 15) is 4.79 Å². The van der Waals surface area contributed by atoms with E-state index in [1.807, 2.05) is 35.4 Å². The van der Waals surface area contributed by atoms with Gasteiger partial charge in [-0.3, -0.25) is 4.79 Å². The van der Waals surface area contributed by atoms with Crippen molar-refractivity contribution in [3.05, 3.63) is 42.2 Å². The monoisotopic (exact) mass is 435 g/mol. The fourth-order valence-corrected chi connectivity index (χ4v) is 4.72. The summed E-state index contributed by atoms with van der Waals surface area (Å²) < 4.78 is 10.9. The quantitative estimate of drug-likeness (QED) is 0.612. The van der Waals surface area contributed by atoms with Crippen molar-refractivity contribution >= 4 is 28.3 Å². The molecule has 0 radical (unpaired) electrons. The molecule has 168 valence electrons. The predicted molar refractivity (Wildman–Crippen MR) is 125 cm³/mol. The Bertz CT molecular complexity index is 1080. The maximum absolute atomic E-state index is 13.2. The van der Waals surface area contributed by atoms with Crippen LogP contribution in [0.1, 0.15) is 37.2 Å². The summed E-state index contributed by atoms with van der Waals surface area (Å²) in [5, 5.41) is 4.37. The molecular weight excluding hydrogens is 406 g/mol. The van der Waals surface area contributed by atoms with E-state index in [4.69, 9.17) is 9.47 Å². The number of H-pyrrole nitrogens is 1. The molecule has 1 aromatic carbocycles. The molecule has 4 heterocycles. The van der Waals surface area contributed by atoms with Crippen molar-refractivity contribution in [3.8, 4) is 11.5 Å². The summed E-state index contributed by atoms with van der Waals surface area (Å²) in [5.41, 5.74) is 2.55. The second-order valence-corrected chi connectivity index (χ2v) is 8.19. The van der Waals surface area contributed by atoms with Crippen LogP contribution in [0, 0.1) is 0 Å². The van der Waals surface area contributed by atoms with Gasteiger partial charge >= 0.3 is 0 Å². The number of carbonyl (C=O) groups is 1. The van der Waals surface area contributed by atoms with Crippen LogP contribution in [0.2, 0.25) is 0 Å². The highest BCUT2D eigenvalue weighted by Gasteiger charge is 2.29. The lowest BCUT2D eigenvalue weighted by molar-refractivity contribution is 0.0707. The molecule has 0 atom stereocenters. The van der Waals surface area contributed by atoms with Crippen molar-refractivity contribution in [2.75, 3.05) is 43.2 Å². The molecule has 2 N–H and O–H groups in total. The van der Waals surface area contributed by atoms with Gasteiger partial charge in [-0.25, -0.2) is 4.98 Å². The van der Waals surface area contributed by atoms with Gasteiger partial charge in [0.25, 0.3) is 5.91 Å². The zero-order valence-corrected chi connectivity index (χ0v) is 18.6. The van der Waals surface area contributed by atoms with Crippen LogP contribution in [0.15, 0.2) is 36.5 Å². The fraction of sp³-hybridized carbons (Fsp3) is 0.417. The standard InChI is InChI=1S/C24H29N5O3/c1-3-25-18-6-5-9-26-23(18)29(4-2)17-7-10-28(11-8-17)24(30)20-12-16-13-21-22(32-15-31-21)14-19(16)27-20/h5-6,9,12-14,17,25,27H,3-4,7-8,10-11,15H2,1-2H3. The topological polar surface area (TPSA) is 82.7 Å². The van der Waals surface area contributed by atoms with Crippen LogP contribution in [-0.2, 0) is 0 Å². The molecule has 0 aliphatic carbocycles. The number of nitrogens with one attached hydrogen (secondary N) is 2. The number of carbonyl (C=O) groups excluding carboxylic acids is 1. The Hall–Kier alpha value is -3.42. The lowest BCUT2D eigenvalue weighted by atomic mass is 10.0. The van der Waals surface area contributed by atoms with Crippen LogP contribution in [0.3, 0.4) is 0 Å². The maximum Gasteiger partial charge on any atom is 0.270 e. The number of ether oxygens (including phenoxy) is 2. The van der Waals surface area contributed by atoms with Crippen LogP contribution >= 0.6 is 0 Å². The average Bonchev–Trinajstić information content (AvgIpc) is 3.45. The number of amides is 1. The first-order valence-corrected chi connectivity index (χ1v) is 11.3. The van der Waals surface area contributed by atoms with Gasteiger partial charge in [-0.1, -0.05) is 0 Å². The highest BCUT2D eigenvalue weighted by molar-refractivity contribution is 5.98. The number of hydrogen-bond acceptors (Lipinski definition) is 6. The second kappa shape index (κ2) is 8.61. The third-order valence-corrected chi connectivity index (χ3v) is 6.30. The van der Waals surface area contributed by atoms with E-state index in [-0.39, 0.29) is 12.7 Å². The molecule has 0 saturated carbocycles. The summed E-state index contributed by atoms with van der Waals surface area (Å²) in [4.78, 5) is 25.4. The Kier molecular flexibility index (Phi) is 5.51. The number of fused-ring (bicyclic) bond motifs is 2. The van der Waals surface area contributed by atoms with Gasteiger partial charge in [0, 0.05) is 55.4 Å². The van der Waals surface area contributed by atoms with E-state index in [0.717, 1.165) is 67.2 Å². The fourth-order valence-electron chi connectivity index (χ4n) is 4.72. The largest absolute Gasteiger partial charge is 0.454 e. The number of anilines is 2. The van der Waals surface area contributed by atoms with Gasteiger partial charge in [-0.05, 0) is 51.0 Å². The smallest absolute Gasteiger partial charge is 0.270 e. The van der Waals surface area contributed by atoms with Crippen LogP contribution in [0.4, 0.5) is 11.5 Å². The van der Waals surface area contributed by atoms with Crippen molar-refractivity contribution in [2.24, 2.45) is 0 Å². The molecule has 1 fully saturated rings. The zero-order valence-electron chi connectivity index (χ0n) is 18.6. The highest BCUT2D eigenvalue weighted by atomic mass is 16.7. The third-order valence-electron chi connectivity index (χ3n) is 6.30. The van der Waals surface area contributed by atoms with Gasteiger partial charge < -0.3 is 29.6 Å². The minimum atomic E-state index is 0.0378. The van der Waals surface area contributed by atoms with Crippen molar-refractivity contribution in [3.63, 3.8) is 0 Å².